The number of benzene rings is 2. The predicted octanol–water partition coefficient (Wildman–Crippen LogP) is 3.72. The molecule has 144 valence electrons. The molecule has 1 aromatic heterocycles. The Morgan fingerprint density at radius 2 is 1.68 bits per heavy atom. The molecule has 1 amide bonds. The number of aromatic amines is 1. The molecule has 28 heavy (non-hydrogen) atoms. The third-order valence-electron chi connectivity index (χ3n) is 4.19. The lowest BCUT2D eigenvalue weighted by molar-refractivity contribution is -0.119. The molecule has 0 aliphatic carbocycles. The summed E-state index contributed by atoms with van der Waals surface area (Å²) in [6.07, 6.45) is 1.66. The molecule has 5 nitrogen and oxygen atoms in total. The van der Waals surface area contributed by atoms with E-state index in [1.165, 1.54) is 17.8 Å². The number of amides is 1. The topological polar surface area (TPSA) is 74.8 Å². The van der Waals surface area contributed by atoms with Gasteiger partial charge in [-0.05, 0) is 17.5 Å². The minimum atomic E-state index is -0.228. The molecule has 0 radical (unpaired) electrons. The van der Waals surface area contributed by atoms with E-state index in [-0.39, 0.29) is 23.3 Å². The molecule has 2 N–H and O–H groups in total. The molecule has 6 heteroatoms. The van der Waals surface area contributed by atoms with Crippen molar-refractivity contribution in [3.63, 3.8) is 0 Å². The highest BCUT2D eigenvalue weighted by Gasteiger charge is 2.17. The average Bonchev–Trinajstić information content (AvgIpc) is 2.72. The zero-order chi connectivity index (χ0) is 19.8. The van der Waals surface area contributed by atoms with E-state index in [1.807, 2.05) is 67.6 Å². The summed E-state index contributed by atoms with van der Waals surface area (Å²) in [5.41, 5.74) is 2.60. The SMILES string of the molecule is CCCc1cc(=O)[nH]c(SCC(=O)NC(c2ccccc2)c2ccccc2)n1. The zero-order valence-corrected chi connectivity index (χ0v) is 16.5. The van der Waals surface area contributed by atoms with Crippen molar-refractivity contribution >= 4 is 17.7 Å². The average molecular weight is 394 g/mol. The first kappa shape index (κ1) is 19.9. The Labute approximate surface area is 168 Å². The minimum absolute atomic E-state index is 0.119. The zero-order valence-electron chi connectivity index (χ0n) is 15.7. The number of carbonyl (C=O) groups excluding carboxylic acids is 1. The van der Waals surface area contributed by atoms with Gasteiger partial charge in [-0.3, -0.25) is 9.59 Å². The number of carbonyl (C=O) groups is 1. The van der Waals surface area contributed by atoms with Gasteiger partial charge in [0.1, 0.15) is 0 Å². The number of aryl methyl sites for hydroxylation is 1. The Hall–Kier alpha value is -2.86. The number of hydrogen-bond donors (Lipinski definition) is 2. The van der Waals surface area contributed by atoms with Crippen LogP contribution in [-0.2, 0) is 11.2 Å². The third kappa shape index (κ3) is 5.57. The molecule has 3 aromatic rings. The largest absolute Gasteiger partial charge is 0.344 e. The fourth-order valence-corrected chi connectivity index (χ4v) is 3.63. The number of rotatable bonds is 8. The number of nitrogens with zero attached hydrogens (tertiary/aromatic N) is 1. The molecular weight excluding hydrogens is 370 g/mol. The highest BCUT2D eigenvalue weighted by atomic mass is 32.2. The van der Waals surface area contributed by atoms with E-state index in [0.29, 0.717) is 5.16 Å². The summed E-state index contributed by atoms with van der Waals surface area (Å²) in [6.45, 7) is 2.04. The number of hydrogen-bond acceptors (Lipinski definition) is 4. The van der Waals surface area contributed by atoms with Crippen molar-refractivity contribution in [1.82, 2.24) is 15.3 Å². The molecule has 1 heterocycles. The first-order valence-corrected chi connectivity index (χ1v) is 10.3. The summed E-state index contributed by atoms with van der Waals surface area (Å²) in [4.78, 5) is 31.5. The normalized spacial score (nSPS) is 10.8. The Bertz CT molecular complexity index is 919. The van der Waals surface area contributed by atoms with Gasteiger partial charge in [0.25, 0.3) is 5.56 Å². The van der Waals surface area contributed by atoms with Crippen LogP contribution in [0.1, 0.15) is 36.2 Å². The van der Waals surface area contributed by atoms with Crippen molar-refractivity contribution in [2.24, 2.45) is 0 Å². The second kappa shape index (κ2) is 9.90. The summed E-state index contributed by atoms with van der Waals surface area (Å²) in [5, 5.41) is 3.57. The lowest BCUT2D eigenvalue weighted by Crippen LogP contribution is -2.30. The summed E-state index contributed by atoms with van der Waals surface area (Å²) < 4.78 is 0. The van der Waals surface area contributed by atoms with E-state index in [0.717, 1.165) is 29.7 Å². The second-order valence-corrected chi connectivity index (χ2v) is 7.37. The van der Waals surface area contributed by atoms with Crippen LogP contribution in [-0.4, -0.2) is 21.6 Å². The van der Waals surface area contributed by atoms with Crippen LogP contribution in [0.5, 0.6) is 0 Å². The maximum atomic E-state index is 12.6. The van der Waals surface area contributed by atoms with Crippen LogP contribution in [0, 0.1) is 0 Å². The molecule has 0 spiro atoms. The summed E-state index contributed by atoms with van der Waals surface area (Å²) in [6, 6.07) is 21.0. The van der Waals surface area contributed by atoms with Gasteiger partial charge in [0, 0.05) is 11.8 Å². The Kier molecular flexibility index (Phi) is 7.03. The molecule has 0 saturated heterocycles. The molecule has 0 aliphatic heterocycles. The van der Waals surface area contributed by atoms with Crippen molar-refractivity contribution in [2.75, 3.05) is 5.75 Å². The van der Waals surface area contributed by atoms with Crippen LogP contribution in [0.2, 0.25) is 0 Å². The maximum absolute atomic E-state index is 12.6. The predicted molar refractivity (Wildman–Crippen MR) is 112 cm³/mol. The lowest BCUT2D eigenvalue weighted by Gasteiger charge is -2.19. The molecule has 3 rings (SSSR count). The van der Waals surface area contributed by atoms with E-state index in [1.54, 1.807) is 0 Å². The summed E-state index contributed by atoms with van der Waals surface area (Å²) in [5.74, 6) is 0.0561. The molecule has 0 fully saturated rings. The van der Waals surface area contributed by atoms with Crippen LogP contribution in [0.15, 0.2) is 76.7 Å². The van der Waals surface area contributed by atoms with Crippen LogP contribution < -0.4 is 10.9 Å². The number of aromatic nitrogens is 2. The van der Waals surface area contributed by atoms with Gasteiger partial charge in [0.2, 0.25) is 5.91 Å². The van der Waals surface area contributed by atoms with Gasteiger partial charge in [-0.2, -0.15) is 0 Å². The summed E-state index contributed by atoms with van der Waals surface area (Å²) in [7, 11) is 0. The fraction of sp³-hybridized carbons (Fsp3) is 0.227. The minimum Gasteiger partial charge on any atom is -0.344 e. The van der Waals surface area contributed by atoms with Gasteiger partial charge in [-0.1, -0.05) is 85.8 Å². The van der Waals surface area contributed by atoms with Crippen molar-refractivity contribution in [3.8, 4) is 0 Å². The molecule has 0 aliphatic rings. The molecule has 0 atom stereocenters. The van der Waals surface area contributed by atoms with Gasteiger partial charge >= 0.3 is 0 Å². The molecule has 2 aromatic carbocycles. The first-order valence-electron chi connectivity index (χ1n) is 9.28. The van der Waals surface area contributed by atoms with Crippen molar-refractivity contribution in [1.29, 1.82) is 0 Å². The van der Waals surface area contributed by atoms with Crippen LogP contribution in [0.4, 0.5) is 0 Å². The molecular formula is C22H23N3O2S. The van der Waals surface area contributed by atoms with E-state index in [4.69, 9.17) is 0 Å². The lowest BCUT2D eigenvalue weighted by atomic mass is 9.99. The Balaban J connectivity index is 1.70. The first-order chi connectivity index (χ1) is 13.7. The molecule has 0 unspecified atom stereocenters. The molecule has 0 bridgehead atoms. The van der Waals surface area contributed by atoms with Crippen LogP contribution >= 0.6 is 11.8 Å². The van der Waals surface area contributed by atoms with Gasteiger partial charge in [0.15, 0.2) is 5.16 Å². The van der Waals surface area contributed by atoms with Gasteiger partial charge in [-0.25, -0.2) is 4.98 Å². The highest BCUT2D eigenvalue weighted by molar-refractivity contribution is 7.99. The van der Waals surface area contributed by atoms with Crippen LogP contribution in [0.25, 0.3) is 0 Å². The van der Waals surface area contributed by atoms with E-state index in [9.17, 15) is 9.59 Å². The van der Waals surface area contributed by atoms with Crippen LogP contribution in [0.3, 0.4) is 0 Å². The van der Waals surface area contributed by atoms with Crippen molar-refractivity contribution in [3.05, 3.63) is 93.9 Å². The molecule has 0 saturated carbocycles. The van der Waals surface area contributed by atoms with Gasteiger partial charge < -0.3 is 10.3 Å². The third-order valence-corrected chi connectivity index (χ3v) is 5.06. The smallest absolute Gasteiger partial charge is 0.251 e. The number of thioether (sulfide) groups is 1. The summed E-state index contributed by atoms with van der Waals surface area (Å²) >= 11 is 1.24. The Morgan fingerprint density at radius 3 is 2.25 bits per heavy atom. The maximum Gasteiger partial charge on any atom is 0.251 e. The number of nitrogens with one attached hydrogen (secondary N) is 2. The standard InChI is InChI=1S/C22H23N3O2S/c1-2-9-18-14-19(26)25-22(23-18)28-15-20(27)24-21(16-10-5-3-6-11-16)17-12-7-4-8-13-17/h3-8,10-14,21H,2,9,15H2,1H3,(H,24,27)(H,23,25,26). The van der Waals surface area contributed by atoms with E-state index >= 15 is 0 Å². The van der Waals surface area contributed by atoms with Gasteiger partial charge in [0.05, 0.1) is 11.8 Å². The van der Waals surface area contributed by atoms with E-state index in [2.05, 4.69) is 15.3 Å². The monoisotopic (exact) mass is 393 g/mol. The van der Waals surface area contributed by atoms with Gasteiger partial charge in [-0.15, -0.1) is 0 Å². The van der Waals surface area contributed by atoms with E-state index < -0.39 is 0 Å². The van der Waals surface area contributed by atoms with Crippen molar-refractivity contribution in [2.45, 2.75) is 31.0 Å². The fourth-order valence-electron chi connectivity index (χ4n) is 2.92. The Morgan fingerprint density at radius 1 is 1.07 bits per heavy atom. The second-order valence-electron chi connectivity index (χ2n) is 6.40. The quantitative estimate of drug-likeness (QED) is 0.452. The highest BCUT2D eigenvalue weighted by Crippen LogP contribution is 2.22. The van der Waals surface area contributed by atoms with Crippen molar-refractivity contribution < 1.29 is 4.79 Å². The number of H-pyrrole nitrogens is 1.